The molecule has 3 heterocycles. The summed E-state index contributed by atoms with van der Waals surface area (Å²) in [5, 5.41) is 9.63. The van der Waals surface area contributed by atoms with Crippen molar-refractivity contribution in [2.75, 3.05) is 5.73 Å². The second kappa shape index (κ2) is 6.18. The monoisotopic (exact) mass is 310 g/mol. The van der Waals surface area contributed by atoms with Crippen molar-refractivity contribution in [2.45, 2.75) is 13.5 Å². The number of nitrogens with one attached hydrogen (secondary N) is 2. The van der Waals surface area contributed by atoms with Gasteiger partial charge in [0.1, 0.15) is 5.82 Å². The molecule has 3 aromatic heterocycles. The van der Waals surface area contributed by atoms with Crippen molar-refractivity contribution in [1.29, 1.82) is 0 Å². The van der Waals surface area contributed by atoms with Gasteiger partial charge in [-0.05, 0) is 19.1 Å². The standard InChI is InChI=1S/C14H14N8O/c1-8-10(6-18-14(15)19-8)13(23)17-7-11-20-12(22-21-11)9-2-4-16-5-3-9/h2-6H,7H2,1H3,(H,17,23)(H2,15,18,19)(H,20,21,22). The molecule has 0 aromatic carbocycles. The second-order valence-electron chi connectivity index (χ2n) is 4.75. The molecule has 0 unspecified atom stereocenters. The fraction of sp³-hybridized carbons (Fsp3) is 0.143. The highest BCUT2D eigenvalue weighted by molar-refractivity contribution is 5.94. The Labute approximate surface area is 131 Å². The molecule has 0 spiro atoms. The Morgan fingerprint density at radius 3 is 2.83 bits per heavy atom. The van der Waals surface area contributed by atoms with Crippen LogP contribution in [0, 0.1) is 6.92 Å². The summed E-state index contributed by atoms with van der Waals surface area (Å²) in [6.45, 7) is 1.91. The minimum absolute atomic E-state index is 0.135. The third-order valence-corrected chi connectivity index (χ3v) is 3.13. The number of hydrogen-bond acceptors (Lipinski definition) is 7. The van der Waals surface area contributed by atoms with Gasteiger partial charge in [-0.25, -0.2) is 15.0 Å². The molecule has 0 saturated carbocycles. The maximum atomic E-state index is 12.1. The van der Waals surface area contributed by atoms with E-state index in [2.05, 4.69) is 35.5 Å². The first-order chi connectivity index (χ1) is 11.1. The molecule has 3 rings (SSSR count). The largest absolute Gasteiger partial charge is 0.368 e. The summed E-state index contributed by atoms with van der Waals surface area (Å²) >= 11 is 0. The summed E-state index contributed by atoms with van der Waals surface area (Å²) in [6.07, 6.45) is 4.73. The smallest absolute Gasteiger partial charge is 0.255 e. The Hall–Kier alpha value is -3.36. The molecule has 4 N–H and O–H groups in total. The number of pyridine rings is 1. The van der Waals surface area contributed by atoms with Crippen LogP contribution in [-0.2, 0) is 6.54 Å². The topological polar surface area (TPSA) is 135 Å². The molecular weight excluding hydrogens is 296 g/mol. The third-order valence-electron chi connectivity index (χ3n) is 3.13. The summed E-state index contributed by atoms with van der Waals surface area (Å²) < 4.78 is 0. The zero-order valence-electron chi connectivity index (χ0n) is 12.3. The molecule has 0 saturated heterocycles. The average Bonchev–Trinajstić information content (AvgIpc) is 3.02. The molecule has 0 atom stereocenters. The summed E-state index contributed by atoms with van der Waals surface area (Å²) in [4.78, 5) is 28.2. The number of hydrogen-bond donors (Lipinski definition) is 3. The first kappa shape index (κ1) is 14.6. The van der Waals surface area contributed by atoms with Gasteiger partial charge in [-0.3, -0.25) is 14.9 Å². The lowest BCUT2D eigenvalue weighted by molar-refractivity contribution is 0.0948. The van der Waals surface area contributed by atoms with Crippen molar-refractivity contribution in [2.24, 2.45) is 0 Å². The molecule has 9 heteroatoms. The minimum Gasteiger partial charge on any atom is -0.368 e. The van der Waals surface area contributed by atoms with Gasteiger partial charge in [0.25, 0.3) is 5.91 Å². The van der Waals surface area contributed by atoms with Crippen LogP contribution in [-0.4, -0.2) is 36.0 Å². The number of anilines is 1. The summed E-state index contributed by atoms with van der Waals surface area (Å²) in [7, 11) is 0. The number of rotatable bonds is 4. The zero-order valence-corrected chi connectivity index (χ0v) is 12.3. The maximum Gasteiger partial charge on any atom is 0.255 e. The number of aromatic nitrogens is 6. The van der Waals surface area contributed by atoms with E-state index in [9.17, 15) is 4.79 Å². The van der Waals surface area contributed by atoms with Gasteiger partial charge < -0.3 is 11.1 Å². The van der Waals surface area contributed by atoms with Crippen LogP contribution < -0.4 is 11.1 Å². The highest BCUT2D eigenvalue weighted by Crippen LogP contribution is 2.12. The van der Waals surface area contributed by atoms with Gasteiger partial charge in [0.2, 0.25) is 5.95 Å². The molecule has 0 aliphatic rings. The van der Waals surface area contributed by atoms with Gasteiger partial charge >= 0.3 is 0 Å². The summed E-state index contributed by atoms with van der Waals surface area (Å²) in [5.41, 5.74) is 7.20. The van der Waals surface area contributed by atoms with E-state index in [1.807, 2.05) is 0 Å². The molecule has 23 heavy (non-hydrogen) atoms. The Morgan fingerprint density at radius 1 is 1.30 bits per heavy atom. The first-order valence-electron chi connectivity index (χ1n) is 6.82. The van der Waals surface area contributed by atoms with E-state index in [4.69, 9.17) is 5.73 Å². The fourth-order valence-electron chi connectivity index (χ4n) is 1.97. The van der Waals surface area contributed by atoms with Crippen molar-refractivity contribution in [1.82, 2.24) is 35.5 Å². The van der Waals surface area contributed by atoms with E-state index < -0.39 is 0 Å². The minimum atomic E-state index is -0.302. The molecule has 0 aliphatic heterocycles. The number of nitrogens with zero attached hydrogens (tertiary/aromatic N) is 5. The molecule has 0 fully saturated rings. The van der Waals surface area contributed by atoms with Gasteiger partial charge in [-0.1, -0.05) is 0 Å². The lowest BCUT2D eigenvalue weighted by Crippen LogP contribution is -2.25. The van der Waals surface area contributed by atoms with Crippen LogP contribution in [0.3, 0.4) is 0 Å². The number of aryl methyl sites for hydroxylation is 1. The fourth-order valence-corrected chi connectivity index (χ4v) is 1.97. The molecular formula is C14H14N8O. The van der Waals surface area contributed by atoms with Gasteiger partial charge in [0, 0.05) is 24.2 Å². The van der Waals surface area contributed by atoms with Crippen molar-refractivity contribution in [3.8, 4) is 11.4 Å². The predicted molar refractivity (Wildman–Crippen MR) is 82.0 cm³/mol. The van der Waals surface area contributed by atoms with Gasteiger partial charge in [0.05, 0.1) is 17.8 Å². The SMILES string of the molecule is Cc1nc(N)ncc1C(=O)NCc1nc(-c2ccncc2)n[nH]1. The van der Waals surface area contributed by atoms with Crippen LogP contribution in [0.4, 0.5) is 5.95 Å². The highest BCUT2D eigenvalue weighted by atomic mass is 16.1. The molecule has 0 aliphatic carbocycles. The average molecular weight is 310 g/mol. The molecule has 0 radical (unpaired) electrons. The van der Waals surface area contributed by atoms with E-state index in [0.717, 1.165) is 5.56 Å². The van der Waals surface area contributed by atoms with Crippen molar-refractivity contribution >= 4 is 11.9 Å². The number of amides is 1. The van der Waals surface area contributed by atoms with E-state index >= 15 is 0 Å². The number of carbonyl (C=O) groups is 1. The second-order valence-corrected chi connectivity index (χ2v) is 4.75. The van der Waals surface area contributed by atoms with Crippen LogP contribution in [0.1, 0.15) is 21.9 Å². The highest BCUT2D eigenvalue weighted by Gasteiger charge is 2.12. The number of nitrogen functional groups attached to an aromatic ring is 1. The van der Waals surface area contributed by atoms with Gasteiger partial charge in [0.15, 0.2) is 5.82 Å². The normalized spacial score (nSPS) is 10.5. The number of nitrogens with two attached hydrogens (primary N) is 1. The Bertz CT molecular complexity index is 830. The Morgan fingerprint density at radius 2 is 2.09 bits per heavy atom. The van der Waals surface area contributed by atoms with Crippen molar-refractivity contribution < 1.29 is 4.79 Å². The van der Waals surface area contributed by atoms with E-state index in [0.29, 0.717) is 22.9 Å². The Balaban J connectivity index is 1.67. The van der Waals surface area contributed by atoms with Crippen LogP contribution in [0.15, 0.2) is 30.7 Å². The molecule has 9 nitrogen and oxygen atoms in total. The molecule has 0 bridgehead atoms. The predicted octanol–water partition coefficient (Wildman–Crippen LogP) is 0.477. The molecule has 1 amide bonds. The van der Waals surface area contributed by atoms with E-state index in [-0.39, 0.29) is 18.4 Å². The quantitative estimate of drug-likeness (QED) is 0.637. The van der Waals surface area contributed by atoms with Gasteiger partial charge in [-0.2, -0.15) is 5.10 Å². The molecule has 3 aromatic rings. The van der Waals surface area contributed by atoms with E-state index in [1.54, 1.807) is 31.5 Å². The number of aromatic amines is 1. The van der Waals surface area contributed by atoms with Crippen LogP contribution in [0.5, 0.6) is 0 Å². The number of H-pyrrole nitrogens is 1. The lowest BCUT2D eigenvalue weighted by atomic mass is 10.2. The summed E-state index contributed by atoms with van der Waals surface area (Å²) in [6, 6.07) is 3.61. The lowest BCUT2D eigenvalue weighted by Gasteiger charge is -2.05. The van der Waals surface area contributed by atoms with Crippen LogP contribution >= 0.6 is 0 Å². The van der Waals surface area contributed by atoms with Crippen molar-refractivity contribution in [3.63, 3.8) is 0 Å². The third kappa shape index (κ3) is 3.28. The van der Waals surface area contributed by atoms with Crippen molar-refractivity contribution in [3.05, 3.63) is 47.8 Å². The van der Waals surface area contributed by atoms with Crippen LogP contribution in [0.2, 0.25) is 0 Å². The van der Waals surface area contributed by atoms with Crippen LogP contribution in [0.25, 0.3) is 11.4 Å². The summed E-state index contributed by atoms with van der Waals surface area (Å²) in [5.74, 6) is 0.920. The Kier molecular flexibility index (Phi) is 3.91. The zero-order chi connectivity index (χ0) is 16.2. The van der Waals surface area contributed by atoms with Gasteiger partial charge in [-0.15, -0.1) is 0 Å². The van der Waals surface area contributed by atoms with E-state index in [1.165, 1.54) is 6.20 Å². The maximum absolute atomic E-state index is 12.1. The number of carbonyl (C=O) groups excluding carboxylic acids is 1. The molecule has 116 valence electrons. The first-order valence-corrected chi connectivity index (χ1v) is 6.82.